The van der Waals surface area contributed by atoms with E-state index in [0.29, 0.717) is 12.0 Å². The monoisotopic (exact) mass is 282 g/mol. The summed E-state index contributed by atoms with van der Waals surface area (Å²) in [5.41, 5.74) is 5.94. The van der Waals surface area contributed by atoms with Crippen LogP contribution in [-0.4, -0.2) is 56.3 Å². The quantitative estimate of drug-likeness (QED) is 0.438. The zero-order valence-electron chi connectivity index (χ0n) is 12.6. The van der Waals surface area contributed by atoms with Gasteiger partial charge in [-0.1, -0.05) is 19.3 Å². The van der Waals surface area contributed by atoms with Gasteiger partial charge >= 0.3 is 0 Å². The minimum atomic E-state index is 0.556. The molecule has 0 aromatic heterocycles. The number of hydrogen-bond acceptors (Lipinski definition) is 3. The molecule has 3 N–H and O–H groups in total. The molecule has 0 amide bonds. The van der Waals surface area contributed by atoms with Gasteiger partial charge in [0, 0.05) is 25.7 Å². The molecule has 0 unspecified atom stereocenters. The van der Waals surface area contributed by atoms with E-state index >= 15 is 0 Å². The Kier molecular flexibility index (Phi) is 7.15. The molecule has 1 aliphatic heterocycles. The fourth-order valence-corrected chi connectivity index (χ4v) is 2.97. The van der Waals surface area contributed by atoms with Crippen LogP contribution in [0.25, 0.3) is 0 Å². The molecule has 5 nitrogen and oxygen atoms in total. The van der Waals surface area contributed by atoms with Crippen molar-refractivity contribution in [1.29, 1.82) is 0 Å². The molecule has 2 aliphatic rings. The van der Waals surface area contributed by atoms with Crippen LogP contribution in [-0.2, 0) is 4.74 Å². The predicted molar refractivity (Wildman–Crippen MR) is 83.0 cm³/mol. The van der Waals surface area contributed by atoms with Gasteiger partial charge in [-0.3, -0.25) is 9.89 Å². The number of morpholine rings is 1. The first kappa shape index (κ1) is 15.6. The van der Waals surface area contributed by atoms with Gasteiger partial charge in [-0.05, 0) is 32.2 Å². The lowest BCUT2D eigenvalue weighted by Gasteiger charge is -2.26. The minimum Gasteiger partial charge on any atom is -0.379 e. The van der Waals surface area contributed by atoms with E-state index in [0.717, 1.165) is 45.8 Å². The second-order valence-electron chi connectivity index (χ2n) is 5.91. The first-order valence-electron chi connectivity index (χ1n) is 8.21. The smallest absolute Gasteiger partial charge is 0.188 e. The SMILES string of the molecule is NC(=NCCCCN1CCOCC1)NC1CCCCC1. The van der Waals surface area contributed by atoms with Crippen LogP contribution in [0.1, 0.15) is 44.9 Å². The summed E-state index contributed by atoms with van der Waals surface area (Å²) >= 11 is 0. The third-order valence-corrected chi connectivity index (χ3v) is 4.23. The molecule has 0 spiro atoms. The Morgan fingerprint density at radius 2 is 1.90 bits per heavy atom. The van der Waals surface area contributed by atoms with E-state index in [9.17, 15) is 0 Å². The standard InChI is InChI=1S/C15H30N4O/c16-15(18-14-6-2-1-3-7-14)17-8-4-5-9-19-10-12-20-13-11-19/h14H,1-13H2,(H3,16,17,18). The highest BCUT2D eigenvalue weighted by atomic mass is 16.5. The highest BCUT2D eigenvalue weighted by molar-refractivity contribution is 5.78. The van der Waals surface area contributed by atoms with Crippen molar-refractivity contribution in [2.24, 2.45) is 10.7 Å². The van der Waals surface area contributed by atoms with Crippen molar-refractivity contribution in [2.75, 3.05) is 39.4 Å². The maximum Gasteiger partial charge on any atom is 0.188 e. The van der Waals surface area contributed by atoms with Crippen LogP contribution in [0.5, 0.6) is 0 Å². The van der Waals surface area contributed by atoms with Crippen molar-refractivity contribution < 1.29 is 4.74 Å². The zero-order valence-corrected chi connectivity index (χ0v) is 12.6. The number of nitrogens with zero attached hydrogens (tertiary/aromatic N) is 2. The molecule has 116 valence electrons. The number of rotatable bonds is 6. The third-order valence-electron chi connectivity index (χ3n) is 4.23. The van der Waals surface area contributed by atoms with Crippen molar-refractivity contribution >= 4 is 5.96 Å². The Labute approximate surface area is 122 Å². The highest BCUT2D eigenvalue weighted by Gasteiger charge is 2.13. The van der Waals surface area contributed by atoms with E-state index in [-0.39, 0.29) is 0 Å². The summed E-state index contributed by atoms with van der Waals surface area (Å²) in [6.07, 6.45) is 8.82. The number of ether oxygens (including phenoxy) is 1. The lowest BCUT2D eigenvalue weighted by atomic mass is 9.96. The summed E-state index contributed by atoms with van der Waals surface area (Å²) in [6.45, 7) is 5.93. The van der Waals surface area contributed by atoms with Crippen LogP contribution < -0.4 is 11.1 Å². The molecular formula is C15H30N4O. The molecule has 0 radical (unpaired) electrons. The second kappa shape index (κ2) is 9.19. The molecule has 1 aliphatic carbocycles. The average Bonchev–Trinajstić information content (AvgIpc) is 2.49. The first-order valence-corrected chi connectivity index (χ1v) is 8.21. The fraction of sp³-hybridized carbons (Fsp3) is 0.933. The van der Waals surface area contributed by atoms with Crippen molar-refractivity contribution in [2.45, 2.75) is 51.0 Å². The molecule has 20 heavy (non-hydrogen) atoms. The summed E-state index contributed by atoms with van der Waals surface area (Å²) in [7, 11) is 0. The van der Waals surface area contributed by atoms with Crippen LogP contribution in [0.2, 0.25) is 0 Å². The van der Waals surface area contributed by atoms with E-state index in [1.807, 2.05) is 0 Å². The molecule has 2 fully saturated rings. The van der Waals surface area contributed by atoms with Gasteiger partial charge in [-0.25, -0.2) is 0 Å². The maximum atomic E-state index is 5.94. The summed E-state index contributed by atoms with van der Waals surface area (Å²) in [6, 6.07) is 0.556. The largest absolute Gasteiger partial charge is 0.379 e. The van der Waals surface area contributed by atoms with E-state index in [2.05, 4.69) is 15.2 Å². The topological polar surface area (TPSA) is 62.9 Å². The molecule has 5 heteroatoms. The number of nitrogens with one attached hydrogen (secondary N) is 1. The Hall–Kier alpha value is -0.810. The Bertz CT molecular complexity index is 284. The van der Waals surface area contributed by atoms with Gasteiger partial charge in [0.05, 0.1) is 13.2 Å². The molecule has 2 rings (SSSR count). The predicted octanol–water partition coefficient (Wildman–Crippen LogP) is 1.34. The van der Waals surface area contributed by atoms with Crippen LogP contribution in [0, 0.1) is 0 Å². The minimum absolute atomic E-state index is 0.556. The van der Waals surface area contributed by atoms with Crippen molar-refractivity contribution in [1.82, 2.24) is 10.2 Å². The van der Waals surface area contributed by atoms with E-state index in [1.54, 1.807) is 0 Å². The normalized spacial score (nSPS) is 22.9. The molecule has 1 saturated heterocycles. The molecule has 0 atom stereocenters. The fourth-order valence-electron chi connectivity index (χ4n) is 2.97. The summed E-state index contributed by atoms with van der Waals surface area (Å²) in [4.78, 5) is 6.91. The number of hydrogen-bond donors (Lipinski definition) is 2. The molecular weight excluding hydrogens is 252 g/mol. The summed E-state index contributed by atoms with van der Waals surface area (Å²) in [5, 5.41) is 3.36. The molecule has 0 aromatic rings. The third kappa shape index (κ3) is 6.09. The van der Waals surface area contributed by atoms with Gasteiger partial charge in [-0.2, -0.15) is 0 Å². The van der Waals surface area contributed by atoms with Crippen LogP contribution in [0.3, 0.4) is 0 Å². The van der Waals surface area contributed by atoms with E-state index < -0.39 is 0 Å². The summed E-state index contributed by atoms with van der Waals surface area (Å²) < 4.78 is 5.34. The Balaban J connectivity index is 1.51. The van der Waals surface area contributed by atoms with Gasteiger partial charge in [0.1, 0.15) is 0 Å². The molecule has 0 aromatic carbocycles. The van der Waals surface area contributed by atoms with Crippen LogP contribution in [0.4, 0.5) is 0 Å². The van der Waals surface area contributed by atoms with Crippen molar-refractivity contribution in [3.8, 4) is 0 Å². The number of aliphatic imine (C=N–C) groups is 1. The first-order chi connectivity index (χ1) is 9.84. The van der Waals surface area contributed by atoms with Crippen LogP contribution in [0.15, 0.2) is 4.99 Å². The Morgan fingerprint density at radius 3 is 2.65 bits per heavy atom. The number of nitrogens with two attached hydrogens (primary N) is 1. The lowest BCUT2D eigenvalue weighted by Crippen LogP contribution is -2.41. The zero-order chi connectivity index (χ0) is 14.0. The van der Waals surface area contributed by atoms with Gasteiger partial charge in [-0.15, -0.1) is 0 Å². The second-order valence-corrected chi connectivity index (χ2v) is 5.91. The molecule has 1 saturated carbocycles. The molecule has 0 bridgehead atoms. The molecule has 1 heterocycles. The number of guanidine groups is 1. The van der Waals surface area contributed by atoms with Gasteiger partial charge in [0.25, 0.3) is 0 Å². The number of unbranched alkanes of at least 4 members (excludes halogenated alkanes) is 1. The Morgan fingerprint density at radius 1 is 1.15 bits per heavy atom. The van der Waals surface area contributed by atoms with Gasteiger partial charge in [0.15, 0.2) is 5.96 Å². The van der Waals surface area contributed by atoms with Crippen molar-refractivity contribution in [3.63, 3.8) is 0 Å². The summed E-state index contributed by atoms with van der Waals surface area (Å²) in [5.74, 6) is 0.642. The average molecular weight is 282 g/mol. The van der Waals surface area contributed by atoms with E-state index in [1.165, 1.54) is 38.5 Å². The maximum absolute atomic E-state index is 5.94. The van der Waals surface area contributed by atoms with Gasteiger partial charge in [0.2, 0.25) is 0 Å². The van der Waals surface area contributed by atoms with Crippen molar-refractivity contribution in [3.05, 3.63) is 0 Å². The lowest BCUT2D eigenvalue weighted by molar-refractivity contribution is 0.0373. The highest BCUT2D eigenvalue weighted by Crippen LogP contribution is 2.16. The van der Waals surface area contributed by atoms with Gasteiger partial charge < -0.3 is 15.8 Å². The van der Waals surface area contributed by atoms with E-state index in [4.69, 9.17) is 10.5 Å². The van der Waals surface area contributed by atoms with Crippen LogP contribution >= 0.6 is 0 Å².